The Kier molecular flexibility index (Phi) is 9.14. The largest absolute Gasteiger partial charge is 0.417 e. The molecule has 3 heterocycles. The first-order valence-corrected chi connectivity index (χ1v) is 16.1. The molecule has 51 heavy (non-hydrogen) atoms. The number of nitrogens with zero attached hydrogens (tertiary/aromatic N) is 3. The standard InChI is InChI=1S/C21H16F4N4O2S.C17H14N2/c1-20(2)18(31)28(12-5-4-11(10-26)15(8-12)21(23,24)25)19(32)29(20)13-6-7-14(16(22)9-13)17(30)27-3;1-3-7-16-14(5-1)12(10-18-16)9-13-11-19-17-8-4-2-6-15(13)17/h4-9H,1-3H3,(H,27,30);1-8,10-11,18-19H,9H2. The smallest absolute Gasteiger partial charge is 0.361 e. The molecule has 1 aliphatic heterocycles. The third-order valence-electron chi connectivity index (χ3n) is 8.77. The highest BCUT2D eigenvalue weighted by Crippen LogP contribution is 2.40. The molecular weight excluding hydrogens is 681 g/mol. The zero-order valence-electron chi connectivity index (χ0n) is 27.5. The Balaban J connectivity index is 0.000000198. The van der Waals surface area contributed by atoms with E-state index in [1.54, 1.807) is 0 Å². The third-order valence-corrected chi connectivity index (χ3v) is 9.13. The number of carbonyl (C=O) groups is 2. The lowest BCUT2D eigenvalue weighted by Gasteiger charge is -2.29. The number of H-pyrrole nitrogens is 2. The van der Waals surface area contributed by atoms with Crippen LogP contribution >= 0.6 is 12.2 Å². The van der Waals surface area contributed by atoms with Gasteiger partial charge in [-0.2, -0.15) is 18.4 Å². The second-order valence-corrected chi connectivity index (χ2v) is 12.7. The van der Waals surface area contributed by atoms with Crippen LogP contribution in [0.2, 0.25) is 0 Å². The Hall–Kier alpha value is -6.00. The number of aromatic amines is 2. The van der Waals surface area contributed by atoms with Gasteiger partial charge < -0.3 is 20.2 Å². The summed E-state index contributed by atoms with van der Waals surface area (Å²) in [7, 11) is 1.34. The van der Waals surface area contributed by atoms with E-state index in [4.69, 9.17) is 17.5 Å². The normalized spacial score (nSPS) is 14.1. The van der Waals surface area contributed by atoms with E-state index in [2.05, 4.69) is 76.2 Å². The molecule has 0 unspecified atom stereocenters. The molecule has 1 aliphatic rings. The van der Waals surface area contributed by atoms with Gasteiger partial charge in [0.1, 0.15) is 11.4 Å². The summed E-state index contributed by atoms with van der Waals surface area (Å²) < 4.78 is 54.7. The summed E-state index contributed by atoms with van der Waals surface area (Å²) in [6.45, 7) is 2.97. The van der Waals surface area contributed by atoms with Gasteiger partial charge in [-0.3, -0.25) is 14.5 Å². The number of benzene rings is 4. The zero-order valence-corrected chi connectivity index (χ0v) is 28.3. The minimum Gasteiger partial charge on any atom is -0.361 e. The summed E-state index contributed by atoms with van der Waals surface area (Å²) in [6, 6.07) is 24.8. The highest BCUT2D eigenvalue weighted by Gasteiger charge is 2.51. The van der Waals surface area contributed by atoms with Gasteiger partial charge in [0.05, 0.1) is 28.4 Å². The van der Waals surface area contributed by atoms with E-state index in [-0.39, 0.29) is 22.1 Å². The Morgan fingerprint density at radius 2 is 1.47 bits per heavy atom. The Labute approximate surface area is 295 Å². The number of anilines is 2. The van der Waals surface area contributed by atoms with Crippen LogP contribution in [0, 0.1) is 17.1 Å². The van der Waals surface area contributed by atoms with Gasteiger partial charge in [0.15, 0.2) is 5.11 Å². The van der Waals surface area contributed by atoms with Crippen molar-refractivity contribution < 1.29 is 27.2 Å². The van der Waals surface area contributed by atoms with Gasteiger partial charge in [-0.1, -0.05) is 36.4 Å². The number of nitrogens with one attached hydrogen (secondary N) is 3. The molecule has 6 aromatic rings. The fraction of sp³-hybridized carbons (Fsp3) is 0.158. The summed E-state index contributed by atoms with van der Waals surface area (Å²) >= 11 is 5.38. The zero-order chi connectivity index (χ0) is 36.7. The summed E-state index contributed by atoms with van der Waals surface area (Å²) in [5.41, 5.74) is 1.69. The topological polar surface area (TPSA) is 108 Å². The van der Waals surface area contributed by atoms with Crippen LogP contribution in [0.15, 0.2) is 97.3 Å². The first-order chi connectivity index (χ1) is 24.3. The number of carbonyl (C=O) groups excluding carboxylic acids is 2. The Morgan fingerprint density at radius 3 is 2.00 bits per heavy atom. The molecule has 4 aromatic carbocycles. The fourth-order valence-corrected chi connectivity index (χ4v) is 6.70. The van der Waals surface area contributed by atoms with Crippen molar-refractivity contribution in [2.75, 3.05) is 16.8 Å². The molecule has 0 bridgehead atoms. The SMILES string of the molecule is CNC(=O)c1ccc(N2C(=S)N(c3ccc(C#N)c(C(F)(F)F)c3)C(=O)C2(C)C)cc1F.c1ccc2c(Cc3c[nH]c4ccccc34)c[nH]c2c1. The number of para-hydroxylation sites is 2. The van der Waals surface area contributed by atoms with Crippen LogP contribution in [-0.4, -0.2) is 39.5 Å². The minimum atomic E-state index is -4.82. The van der Waals surface area contributed by atoms with E-state index in [0.29, 0.717) is 6.07 Å². The monoisotopic (exact) mass is 710 g/mol. The summed E-state index contributed by atoms with van der Waals surface area (Å²) in [4.78, 5) is 33.8. The summed E-state index contributed by atoms with van der Waals surface area (Å²) in [6.07, 6.45) is 0.367. The van der Waals surface area contributed by atoms with Crippen molar-refractivity contribution in [3.8, 4) is 6.07 Å². The number of aromatic nitrogens is 2. The van der Waals surface area contributed by atoms with Crippen LogP contribution in [0.5, 0.6) is 0 Å². The van der Waals surface area contributed by atoms with Gasteiger partial charge in [-0.25, -0.2) is 4.39 Å². The number of hydrogen-bond acceptors (Lipinski definition) is 4. The van der Waals surface area contributed by atoms with E-state index < -0.39 is 40.5 Å². The highest BCUT2D eigenvalue weighted by atomic mass is 32.1. The highest BCUT2D eigenvalue weighted by molar-refractivity contribution is 7.81. The maximum absolute atomic E-state index is 14.5. The molecule has 1 saturated heterocycles. The molecule has 8 nitrogen and oxygen atoms in total. The first-order valence-electron chi connectivity index (χ1n) is 15.7. The average Bonchev–Trinajstić information content (AvgIpc) is 3.76. The van der Waals surface area contributed by atoms with E-state index in [1.807, 2.05) is 0 Å². The van der Waals surface area contributed by atoms with Crippen molar-refractivity contribution in [2.45, 2.75) is 32.0 Å². The summed E-state index contributed by atoms with van der Waals surface area (Å²) in [5.74, 6) is -2.15. The van der Waals surface area contributed by atoms with Crippen LogP contribution in [0.4, 0.5) is 28.9 Å². The van der Waals surface area contributed by atoms with Gasteiger partial charge in [0.2, 0.25) is 0 Å². The molecule has 0 atom stereocenters. The predicted octanol–water partition coefficient (Wildman–Crippen LogP) is 8.23. The molecule has 258 valence electrons. The molecule has 13 heteroatoms. The molecule has 7 rings (SSSR count). The number of hydrogen-bond donors (Lipinski definition) is 3. The van der Waals surface area contributed by atoms with Gasteiger partial charge in [-0.15, -0.1) is 0 Å². The number of fused-ring (bicyclic) bond motifs is 2. The van der Waals surface area contributed by atoms with Crippen LogP contribution < -0.4 is 15.1 Å². The van der Waals surface area contributed by atoms with Crippen molar-refractivity contribution in [2.24, 2.45) is 0 Å². The van der Waals surface area contributed by atoms with Crippen molar-refractivity contribution in [1.29, 1.82) is 5.26 Å². The lowest BCUT2D eigenvalue weighted by atomic mass is 10.0. The number of alkyl halides is 3. The van der Waals surface area contributed by atoms with Crippen molar-refractivity contribution in [3.63, 3.8) is 0 Å². The number of amides is 2. The lowest BCUT2D eigenvalue weighted by Crippen LogP contribution is -2.44. The van der Waals surface area contributed by atoms with E-state index in [9.17, 15) is 27.2 Å². The molecule has 2 aromatic heterocycles. The van der Waals surface area contributed by atoms with Crippen molar-refractivity contribution in [3.05, 3.63) is 131 Å². The van der Waals surface area contributed by atoms with E-state index in [0.717, 1.165) is 23.5 Å². The number of thiocarbonyl (C=S) groups is 1. The van der Waals surface area contributed by atoms with E-state index in [1.165, 1.54) is 83.0 Å². The predicted molar refractivity (Wildman–Crippen MR) is 192 cm³/mol. The lowest BCUT2D eigenvalue weighted by molar-refractivity contribution is -0.137. The van der Waals surface area contributed by atoms with Crippen LogP contribution in [0.1, 0.15) is 46.5 Å². The van der Waals surface area contributed by atoms with Crippen LogP contribution in [-0.2, 0) is 17.4 Å². The molecule has 3 N–H and O–H groups in total. The number of rotatable bonds is 5. The maximum atomic E-state index is 14.5. The molecule has 1 fully saturated rings. The van der Waals surface area contributed by atoms with Gasteiger partial charge in [-0.05, 0) is 85.7 Å². The Morgan fingerprint density at radius 1 is 0.902 bits per heavy atom. The molecule has 0 saturated carbocycles. The van der Waals surface area contributed by atoms with Gasteiger partial charge in [0, 0.05) is 53.4 Å². The second kappa shape index (κ2) is 13.4. The maximum Gasteiger partial charge on any atom is 0.417 e. The quantitative estimate of drug-likeness (QED) is 0.123. The Bertz CT molecular complexity index is 2300. The van der Waals surface area contributed by atoms with Crippen molar-refractivity contribution in [1.82, 2.24) is 15.3 Å². The van der Waals surface area contributed by atoms with Gasteiger partial charge in [0.25, 0.3) is 11.8 Å². The van der Waals surface area contributed by atoms with E-state index >= 15 is 0 Å². The molecule has 0 radical (unpaired) electrons. The van der Waals surface area contributed by atoms with Crippen LogP contribution in [0.3, 0.4) is 0 Å². The first kappa shape index (κ1) is 34.8. The third kappa shape index (κ3) is 6.41. The minimum absolute atomic E-state index is 0.144. The molecule has 2 amide bonds. The molecule has 0 spiro atoms. The average molecular weight is 711 g/mol. The number of halogens is 4. The summed E-state index contributed by atoms with van der Waals surface area (Å²) in [5, 5.41) is 13.7. The van der Waals surface area contributed by atoms with Gasteiger partial charge >= 0.3 is 6.18 Å². The fourth-order valence-electron chi connectivity index (χ4n) is 6.18. The second-order valence-electron chi connectivity index (χ2n) is 12.3. The molecule has 0 aliphatic carbocycles. The van der Waals surface area contributed by atoms with Crippen LogP contribution in [0.25, 0.3) is 21.8 Å². The van der Waals surface area contributed by atoms with Crippen molar-refractivity contribution >= 4 is 62.3 Å². The molecular formula is C38H30F4N6O2S. The number of nitriles is 1.